The minimum atomic E-state index is 0.743. The Morgan fingerprint density at radius 2 is 1.79 bits per heavy atom. The number of ether oxygens (including phenoxy) is 2. The van der Waals surface area contributed by atoms with Gasteiger partial charge in [0.2, 0.25) is 0 Å². The predicted octanol–water partition coefficient (Wildman–Crippen LogP) is 3.14. The van der Waals surface area contributed by atoms with Crippen molar-refractivity contribution < 1.29 is 9.47 Å². The number of aryl methyl sites for hydroxylation is 1. The maximum atomic E-state index is 5.73. The van der Waals surface area contributed by atoms with Crippen LogP contribution in [-0.2, 0) is 4.74 Å². The Bertz CT molecular complexity index is 446. The summed E-state index contributed by atoms with van der Waals surface area (Å²) in [5, 5.41) is 6.62. The summed E-state index contributed by atoms with van der Waals surface area (Å²) in [7, 11) is 0. The molecular weight excluding hydrogens is 302 g/mol. The van der Waals surface area contributed by atoms with E-state index in [9.17, 15) is 0 Å². The van der Waals surface area contributed by atoms with Crippen molar-refractivity contribution in [3.63, 3.8) is 0 Å². The second kappa shape index (κ2) is 13.7. The van der Waals surface area contributed by atoms with Crippen molar-refractivity contribution in [1.29, 1.82) is 0 Å². The first kappa shape index (κ1) is 20.3. The van der Waals surface area contributed by atoms with Crippen LogP contribution in [0.1, 0.15) is 38.7 Å². The van der Waals surface area contributed by atoms with Gasteiger partial charge in [-0.25, -0.2) is 0 Å². The van der Waals surface area contributed by atoms with Crippen LogP contribution < -0.4 is 15.4 Å². The highest BCUT2D eigenvalue weighted by atomic mass is 16.5. The molecule has 0 unspecified atom stereocenters. The van der Waals surface area contributed by atoms with Crippen LogP contribution in [0.5, 0.6) is 5.75 Å². The summed E-state index contributed by atoms with van der Waals surface area (Å²) in [6.07, 6.45) is 3.02. The van der Waals surface area contributed by atoms with Crippen LogP contribution in [-0.4, -0.2) is 45.4 Å². The normalized spacial score (nSPS) is 11.4. The number of hydrogen-bond donors (Lipinski definition) is 2. The number of unbranched alkanes of at least 4 members (excludes halogenated alkanes) is 1. The molecule has 0 saturated carbocycles. The van der Waals surface area contributed by atoms with E-state index in [1.54, 1.807) is 0 Å². The quantitative estimate of drug-likeness (QED) is 0.350. The first-order chi connectivity index (χ1) is 11.8. The van der Waals surface area contributed by atoms with E-state index in [1.807, 2.05) is 19.1 Å². The Balaban J connectivity index is 2.11. The number of guanidine groups is 1. The van der Waals surface area contributed by atoms with Crippen LogP contribution in [0.3, 0.4) is 0 Å². The Morgan fingerprint density at radius 1 is 1.00 bits per heavy atom. The van der Waals surface area contributed by atoms with Crippen LogP contribution >= 0.6 is 0 Å². The van der Waals surface area contributed by atoms with Gasteiger partial charge in [0.05, 0.1) is 6.61 Å². The SMILES string of the molecule is CCNC(=NCCCOCC)NCCCCOc1ccc(C)cc1. The molecule has 0 fully saturated rings. The van der Waals surface area contributed by atoms with E-state index in [0.29, 0.717) is 0 Å². The third-order valence-corrected chi connectivity index (χ3v) is 3.42. The van der Waals surface area contributed by atoms with Gasteiger partial charge < -0.3 is 20.1 Å². The van der Waals surface area contributed by atoms with Gasteiger partial charge in [-0.15, -0.1) is 0 Å². The van der Waals surface area contributed by atoms with Gasteiger partial charge in [0.15, 0.2) is 5.96 Å². The number of benzene rings is 1. The molecule has 1 aromatic rings. The van der Waals surface area contributed by atoms with Crippen molar-refractivity contribution in [1.82, 2.24) is 10.6 Å². The van der Waals surface area contributed by atoms with Crippen LogP contribution in [0.4, 0.5) is 0 Å². The Morgan fingerprint density at radius 3 is 2.50 bits per heavy atom. The van der Waals surface area contributed by atoms with Crippen molar-refractivity contribution in [2.24, 2.45) is 4.99 Å². The van der Waals surface area contributed by atoms with Gasteiger partial charge in [0, 0.05) is 32.8 Å². The summed E-state index contributed by atoms with van der Waals surface area (Å²) < 4.78 is 11.1. The molecule has 2 N–H and O–H groups in total. The first-order valence-electron chi connectivity index (χ1n) is 9.05. The highest BCUT2D eigenvalue weighted by Gasteiger charge is 1.97. The van der Waals surface area contributed by atoms with Crippen LogP contribution in [0.15, 0.2) is 29.3 Å². The highest BCUT2D eigenvalue weighted by Crippen LogP contribution is 2.11. The molecule has 0 radical (unpaired) electrons. The van der Waals surface area contributed by atoms with Crippen molar-refractivity contribution in [3.05, 3.63) is 29.8 Å². The van der Waals surface area contributed by atoms with Gasteiger partial charge in [-0.1, -0.05) is 17.7 Å². The summed E-state index contributed by atoms with van der Waals surface area (Å²) in [6.45, 7) is 11.0. The smallest absolute Gasteiger partial charge is 0.191 e. The third-order valence-electron chi connectivity index (χ3n) is 3.42. The maximum Gasteiger partial charge on any atom is 0.191 e. The third kappa shape index (κ3) is 10.1. The molecule has 0 aliphatic carbocycles. The zero-order valence-electron chi connectivity index (χ0n) is 15.4. The van der Waals surface area contributed by atoms with E-state index in [0.717, 1.165) is 70.4 Å². The summed E-state index contributed by atoms with van der Waals surface area (Å²) in [4.78, 5) is 4.54. The number of nitrogens with zero attached hydrogens (tertiary/aromatic N) is 1. The minimum absolute atomic E-state index is 0.743. The summed E-state index contributed by atoms with van der Waals surface area (Å²) in [5.74, 6) is 1.83. The molecule has 0 spiro atoms. The summed E-state index contributed by atoms with van der Waals surface area (Å²) >= 11 is 0. The van der Waals surface area contributed by atoms with Crippen LogP contribution in [0.25, 0.3) is 0 Å². The largest absolute Gasteiger partial charge is 0.494 e. The molecule has 0 heterocycles. The van der Waals surface area contributed by atoms with Gasteiger partial charge in [-0.2, -0.15) is 0 Å². The molecule has 0 atom stereocenters. The monoisotopic (exact) mass is 335 g/mol. The topological polar surface area (TPSA) is 54.9 Å². The van der Waals surface area contributed by atoms with Crippen LogP contribution in [0, 0.1) is 6.92 Å². The molecule has 24 heavy (non-hydrogen) atoms. The fourth-order valence-corrected chi connectivity index (χ4v) is 2.10. The maximum absolute atomic E-state index is 5.73. The Hall–Kier alpha value is -1.75. The first-order valence-corrected chi connectivity index (χ1v) is 9.05. The van der Waals surface area contributed by atoms with Crippen molar-refractivity contribution >= 4 is 5.96 Å². The second-order valence-electron chi connectivity index (χ2n) is 5.61. The second-order valence-corrected chi connectivity index (χ2v) is 5.61. The molecule has 5 nitrogen and oxygen atoms in total. The molecule has 0 aromatic heterocycles. The van der Waals surface area contributed by atoms with Gasteiger partial charge in [-0.3, -0.25) is 4.99 Å². The lowest BCUT2D eigenvalue weighted by Crippen LogP contribution is -2.38. The van der Waals surface area contributed by atoms with E-state index in [4.69, 9.17) is 9.47 Å². The molecule has 5 heteroatoms. The summed E-state index contributed by atoms with van der Waals surface area (Å²) in [6, 6.07) is 8.18. The highest BCUT2D eigenvalue weighted by molar-refractivity contribution is 5.79. The molecule has 1 rings (SSSR count). The fraction of sp³-hybridized carbons (Fsp3) is 0.632. The van der Waals surface area contributed by atoms with E-state index in [1.165, 1.54) is 5.56 Å². The Kier molecular flexibility index (Phi) is 11.6. The average molecular weight is 335 g/mol. The van der Waals surface area contributed by atoms with Gasteiger partial charge in [0.25, 0.3) is 0 Å². The zero-order valence-corrected chi connectivity index (χ0v) is 15.4. The predicted molar refractivity (Wildman–Crippen MR) is 101 cm³/mol. The van der Waals surface area contributed by atoms with Crippen molar-refractivity contribution in [2.45, 2.75) is 40.0 Å². The number of aliphatic imine (C=N–C) groups is 1. The van der Waals surface area contributed by atoms with Crippen LogP contribution in [0.2, 0.25) is 0 Å². The molecule has 136 valence electrons. The van der Waals surface area contributed by atoms with Crippen molar-refractivity contribution in [3.8, 4) is 5.75 Å². The fourth-order valence-electron chi connectivity index (χ4n) is 2.10. The molecule has 0 aliphatic rings. The van der Waals surface area contributed by atoms with E-state index in [-0.39, 0.29) is 0 Å². The van der Waals surface area contributed by atoms with Crippen molar-refractivity contribution in [2.75, 3.05) is 39.5 Å². The average Bonchev–Trinajstić information content (AvgIpc) is 2.59. The molecule has 0 aliphatic heterocycles. The minimum Gasteiger partial charge on any atom is -0.494 e. The number of nitrogens with one attached hydrogen (secondary N) is 2. The summed E-state index contributed by atoms with van der Waals surface area (Å²) in [5.41, 5.74) is 1.25. The molecule has 0 bridgehead atoms. The number of rotatable bonds is 12. The lowest BCUT2D eigenvalue weighted by molar-refractivity contribution is 0.146. The standard InChI is InChI=1S/C19H33N3O2/c1-4-20-19(22-14-8-15-23-5-2)21-13-6-7-16-24-18-11-9-17(3)10-12-18/h9-12H,4-8,13-16H2,1-3H3,(H2,20,21,22). The lowest BCUT2D eigenvalue weighted by atomic mass is 10.2. The van der Waals surface area contributed by atoms with Gasteiger partial charge >= 0.3 is 0 Å². The van der Waals surface area contributed by atoms with Gasteiger partial charge in [0.1, 0.15) is 5.75 Å². The van der Waals surface area contributed by atoms with E-state index in [2.05, 4.69) is 41.6 Å². The van der Waals surface area contributed by atoms with E-state index >= 15 is 0 Å². The number of hydrogen-bond acceptors (Lipinski definition) is 3. The molecular formula is C19H33N3O2. The molecule has 1 aromatic carbocycles. The van der Waals surface area contributed by atoms with Gasteiger partial charge in [-0.05, 0) is 52.2 Å². The Labute approximate surface area is 146 Å². The lowest BCUT2D eigenvalue weighted by Gasteiger charge is -2.11. The zero-order chi connectivity index (χ0) is 17.5. The molecule has 0 amide bonds. The van der Waals surface area contributed by atoms with E-state index < -0.39 is 0 Å². The molecule has 0 saturated heterocycles.